The van der Waals surface area contributed by atoms with Crippen LogP contribution in [0.1, 0.15) is 6.42 Å². The van der Waals surface area contributed by atoms with Crippen LogP contribution < -0.4 is 16.4 Å². The summed E-state index contributed by atoms with van der Waals surface area (Å²) in [5, 5.41) is 89.3. The van der Waals surface area contributed by atoms with Gasteiger partial charge in [-0.05, 0) is 20.5 Å². The summed E-state index contributed by atoms with van der Waals surface area (Å²) < 4.78 is 29.0. The highest BCUT2D eigenvalue weighted by Gasteiger charge is 2.67. The molecule has 16 atom stereocenters. The van der Waals surface area contributed by atoms with Crippen molar-refractivity contribution >= 4 is 0 Å². The van der Waals surface area contributed by atoms with E-state index < -0.39 is 111 Å². The van der Waals surface area contributed by atoms with Gasteiger partial charge in [-0.25, -0.2) is 0 Å². The first kappa shape index (κ1) is 29.3. The van der Waals surface area contributed by atoms with Gasteiger partial charge in [0.15, 0.2) is 12.4 Å². The summed E-state index contributed by atoms with van der Waals surface area (Å²) in [6, 6.07) is -2.12. The quantitative estimate of drug-likeness (QED) is 0.143. The number of aliphatic hydroxyl groups excluding tert-OH is 8. The third-order valence-electron chi connectivity index (χ3n) is 7.74. The van der Waals surface area contributed by atoms with E-state index in [1.54, 1.807) is 14.1 Å². The largest absolute Gasteiger partial charge is 0.395 e. The summed E-state index contributed by atoms with van der Waals surface area (Å²) in [6.45, 7) is -1.31. The van der Waals surface area contributed by atoms with Crippen molar-refractivity contribution in [2.75, 3.05) is 27.3 Å². The van der Waals surface area contributed by atoms with Crippen LogP contribution >= 0.6 is 0 Å². The number of ether oxygens (including phenoxy) is 5. The molecule has 4 aliphatic rings. The molecule has 16 heteroatoms. The third kappa shape index (κ3) is 5.04. The van der Waals surface area contributed by atoms with Gasteiger partial charge in [0.1, 0.15) is 48.8 Å². The molecule has 216 valence electrons. The van der Waals surface area contributed by atoms with Crippen molar-refractivity contribution < 1.29 is 64.5 Å². The van der Waals surface area contributed by atoms with Crippen molar-refractivity contribution in [2.45, 2.75) is 104 Å². The van der Waals surface area contributed by atoms with E-state index in [9.17, 15) is 40.9 Å². The predicted octanol–water partition coefficient (Wildman–Crippen LogP) is -7.01. The minimum absolute atomic E-state index is 0.389. The SMILES string of the molecule is CN[C@H]1C[C@@H](NC)[C@@H](O)C(O[C@H]2O[C@@H](CO)[C@H](O)[C@@H]3O[C@]4(O[C@@H]23)O[C@H]([C@H](N)CO)[C@H](O)[C@H](O)[C@@H]4O)[C@H]1O. The van der Waals surface area contributed by atoms with Gasteiger partial charge in [-0.15, -0.1) is 0 Å². The predicted molar refractivity (Wildman–Crippen MR) is 119 cm³/mol. The van der Waals surface area contributed by atoms with Crippen LogP contribution in [-0.2, 0) is 23.7 Å². The zero-order valence-electron chi connectivity index (χ0n) is 20.5. The van der Waals surface area contributed by atoms with Gasteiger partial charge >= 0.3 is 5.97 Å². The molecule has 4 rings (SSSR count). The molecule has 0 amide bonds. The Hall–Kier alpha value is -0.640. The molecule has 37 heavy (non-hydrogen) atoms. The van der Waals surface area contributed by atoms with Crippen LogP contribution in [0.25, 0.3) is 0 Å². The van der Waals surface area contributed by atoms with Gasteiger partial charge in [0.05, 0.1) is 31.5 Å². The van der Waals surface area contributed by atoms with E-state index in [-0.39, 0.29) is 0 Å². The average molecular weight is 542 g/mol. The molecule has 1 spiro atoms. The molecule has 16 nitrogen and oxygen atoms in total. The molecule has 12 N–H and O–H groups in total. The van der Waals surface area contributed by atoms with Crippen molar-refractivity contribution in [3.05, 3.63) is 0 Å². The number of aliphatic hydroxyl groups is 8. The molecule has 0 aromatic rings. The minimum atomic E-state index is -2.47. The zero-order chi connectivity index (χ0) is 27.2. The maximum atomic E-state index is 10.9. The Labute approximate surface area is 212 Å². The molecule has 1 aliphatic carbocycles. The van der Waals surface area contributed by atoms with E-state index in [1.165, 1.54) is 0 Å². The van der Waals surface area contributed by atoms with Crippen molar-refractivity contribution in [3.63, 3.8) is 0 Å². The maximum Gasteiger partial charge on any atom is 0.314 e. The molecule has 3 heterocycles. The zero-order valence-corrected chi connectivity index (χ0v) is 20.5. The standard InChI is InChI=1S/C21H39N3O13/c1-23-7-3-8(24-2)11(28)16(10(7)27)34-20-18-17(12(29)9(5-26)33-20)36-21(37-18)19(32)14(31)13(30)15(35-21)6(22)4-25/h6-20,23-32H,3-5,22H2,1-2H3/t6-,7-,8+,9+,10-,11+,12+,13-,14+,15-,16?,17+,18-,19+,20-,21-/m1/s1. The number of nitrogens with two attached hydrogens (primary N) is 1. The Bertz CT molecular complexity index is 755. The average Bonchev–Trinajstić information content (AvgIpc) is 3.29. The molecular weight excluding hydrogens is 502 g/mol. The fraction of sp³-hybridized carbons (Fsp3) is 1.00. The second kappa shape index (κ2) is 11.5. The van der Waals surface area contributed by atoms with Gasteiger partial charge < -0.3 is 80.9 Å². The van der Waals surface area contributed by atoms with E-state index in [0.717, 1.165) is 0 Å². The molecule has 0 aromatic heterocycles. The van der Waals surface area contributed by atoms with Gasteiger partial charge in [-0.1, -0.05) is 0 Å². The van der Waals surface area contributed by atoms with Crippen LogP contribution in [-0.4, -0.2) is 166 Å². The first-order valence-electron chi connectivity index (χ1n) is 12.3. The molecule has 4 fully saturated rings. The molecule has 1 saturated carbocycles. The Morgan fingerprint density at radius 2 is 1.46 bits per heavy atom. The Morgan fingerprint density at radius 1 is 0.865 bits per heavy atom. The maximum absolute atomic E-state index is 10.9. The van der Waals surface area contributed by atoms with E-state index in [2.05, 4.69) is 10.6 Å². The van der Waals surface area contributed by atoms with Crippen molar-refractivity contribution in [2.24, 2.45) is 5.73 Å². The minimum Gasteiger partial charge on any atom is -0.395 e. The number of rotatable bonds is 7. The summed E-state index contributed by atoms with van der Waals surface area (Å²) in [6.07, 6.45) is -17.2. The van der Waals surface area contributed by atoms with Crippen molar-refractivity contribution in [3.8, 4) is 0 Å². The van der Waals surface area contributed by atoms with Crippen LogP contribution in [0.15, 0.2) is 0 Å². The van der Waals surface area contributed by atoms with Gasteiger partial charge in [0.2, 0.25) is 0 Å². The fourth-order valence-electron chi connectivity index (χ4n) is 5.48. The second-order valence-corrected chi connectivity index (χ2v) is 9.95. The molecule has 1 unspecified atom stereocenters. The van der Waals surface area contributed by atoms with Crippen LogP contribution in [0.4, 0.5) is 0 Å². The van der Waals surface area contributed by atoms with Crippen molar-refractivity contribution in [1.29, 1.82) is 0 Å². The van der Waals surface area contributed by atoms with Crippen molar-refractivity contribution in [1.82, 2.24) is 10.6 Å². The lowest BCUT2D eigenvalue weighted by atomic mass is 9.83. The molecule has 0 bridgehead atoms. The lowest BCUT2D eigenvalue weighted by Crippen LogP contribution is -2.69. The topological polar surface area (TPSA) is 258 Å². The number of fused-ring (bicyclic) bond motifs is 1. The van der Waals surface area contributed by atoms with Gasteiger partial charge in [-0.3, -0.25) is 0 Å². The second-order valence-electron chi connectivity index (χ2n) is 9.95. The van der Waals surface area contributed by atoms with E-state index in [4.69, 9.17) is 29.4 Å². The molecule has 0 radical (unpaired) electrons. The third-order valence-corrected chi connectivity index (χ3v) is 7.74. The first-order chi connectivity index (χ1) is 17.5. The monoisotopic (exact) mass is 541 g/mol. The van der Waals surface area contributed by atoms with Crippen LogP contribution in [0.2, 0.25) is 0 Å². The van der Waals surface area contributed by atoms with E-state index in [1.807, 2.05) is 0 Å². The van der Waals surface area contributed by atoms with Gasteiger partial charge in [-0.2, -0.15) is 0 Å². The number of hydrogen-bond acceptors (Lipinski definition) is 16. The summed E-state index contributed by atoms with van der Waals surface area (Å²) in [7, 11) is 3.29. The molecule has 3 aliphatic heterocycles. The van der Waals surface area contributed by atoms with Crippen LogP contribution in [0.5, 0.6) is 0 Å². The summed E-state index contributed by atoms with van der Waals surface area (Å²) >= 11 is 0. The summed E-state index contributed by atoms with van der Waals surface area (Å²) in [5.41, 5.74) is 5.81. The normalized spacial score (nSPS) is 53.3. The molecular formula is C21H39N3O13. The highest BCUT2D eigenvalue weighted by Crippen LogP contribution is 2.45. The van der Waals surface area contributed by atoms with Crippen LogP contribution in [0.3, 0.4) is 0 Å². The van der Waals surface area contributed by atoms with Gasteiger partial charge in [0.25, 0.3) is 0 Å². The smallest absolute Gasteiger partial charge is 0.314 e. The first-order valence-corrected chi connectivity index (χ1v) is 12.3. The highest BCUT2D eigenvalue weighted by atomic mass is 16.9. The fourth-order valence-corrected chi connectivity index (χ4v) is 5.48. The van der Waals surface area contributed by atoms with Gasteiger partial charge in [0, 0.05) is 12.1 Å². The number of likely N-dealkylation sites (N-methyl/N-ethyl adjacent to an activating group) is 2. The summed E-state index contributed by atoms with van der Waals surface area (Å²) in [5.74, 6) is -2.47. The molecule has 3 saturated heterocycles. The number of nitrogens with one attached hydrogen (secondary N) is 2. The van der Waals surface area contributed by atoms with Crippen LogP contribution in [0, 0.1) is 0 Å². The Morgan fingerprint density at radius 3 is 2.00 bits per heavy atom. The highest BCUT2D eigenvalue weighted by molar-refractivity contribution is 5.05. The summed E-state index contributed by atoms with van der Waals surface area (Å²) in [4.78, 5) is 0. The lowest BCUT2D eigenvalue weighted by molar-refractivity contribution is -0.439. The Balaban J connectivity index is 1.63. The number of hydrogen-bond donors (Lipinski definition) is 11. The molecule has 0 aromatic carbocycles. The Kier molecular flexibility index (Phi) is 9.09. The lowest BCUT2D eigenvalue weighted by Gasteiger charge is -2.46. The van der Waals surface area contributed by atoms with E-state index in [0.29, 0.717) is 6.42 Å². The van der Waals surface area contributed by atoms with E-state index >= 15 is 0 Å².